The summed E-state index contributed by atoms with van der Waals surface area (Å²) in [5.41, 5.74) is 7.79. The van der Waals surface area contributed by atoms with Crippen molar-refractivity contribution in [3.8, 4) is 17.2 Å². The van der Waals surface area contributed by atoms with Crippen LogP contribution >= 0.6 is 11.3 Å². The second-order valence-corrected chi connectivity index (χ2v) is 12.9. The van der Waals surface area contributed by atoms with E-state index in [1.165, 1.54) is 30.9 Å². The molecule has 0 amide bonds. The van der Waals surface area contributed by atoms with Gasteiger partial charge in [0.15, 0.2) is 5.58 Å². The van der Waals surface area contributed by atoms with Gasteiger partial charge in [-0.3, -0.25) is 4.57 Å². The number of hydrogen-bond acceptors (Lipinski definition) is 5. The Hall–Kier alpha value is -5.98. The summed E-state index contributed by atoms with van der Waals surface area (Å²) in [6.45, 7) is 0. The Balaban J connectivity index is 1.27. The summed E-state index contributed by atoms with van der Waals surface area (Å²) in [7, 11) is 0. The number of benzene rings is 6. The van der Waals surface area contributed by atoms with Gasteiger partial charge in [0.25, 0.3) is 0 Å². The lowest BCUT2D eigenvalue weighted by molar-refractivity contribution is 0.666. The van der Waals surface area contributed by atoms with E-state index in [1.54, 1.807) is 0 Å². The summed E-state index contributed by atoms with van der Waals surface area (Å²) in [6, 6.07) is 44.3. The quantitative estimate of drug-likeness (QED) is 0.196. The largest absolute Gasteiger partial charge is 0.456 e. The number of fused-ring (bicyclic) bond motifs is 12. The Labute approximate surface area is 264 Å². The third kappa shape index (κ3) is 3.23. The minimum absolute atomic E-state index is 0.608. The van der Waals surface area contributed by atoms with E-state index < -0.39 is 0 Å². The zero-order valence-corrected chi connectivity index (χ0v) is 25.0. The molecule has 11 aromatic rings. The van der Waals surface area contributed by atoms with Crippen LogP contribution in [0.1, 0.15) is 0 Å². The standard InChI is InChI=1S/C40H21N3O2S/c1-5-13-30-23(9-1)27-21-36-29(25-11-4-8-16-35(25)46-36)20-31(27)43(30)40-41-37(39-38(42-40)26-12-3-7-15-33(26)45-39)22-17-18-34-28(19-22)24-10-2-6-14-32(24)44-34/h1-21H. The Morgan fingerprint density at radius 1 is 0.478 bits per heavy atom. The van der Waals surface area contributed by atoms with Crippen LogP contribution < -0.4 is 0 Å². The van der Waals surface area contributed by atoms with Crippen LogP contribution in [-0.4, -0.2) is 14.5 Å². The van der Waals surface area contributed by atoms with Crippen molar-refractivity contribution in [2.75, 3.05) is 0 Å². The predicted molar refractivity (Wildman–Crippen MR) is 189 cm³/mol. The summed E-state index contributed by atoms with van der Waals surface area (Å²) < 4.78 is 17.4. The van der Waals surface area contributed by atoms with E-state index in [4.69, 9.17) is 18.8 Å². The predicted octanol–water partition coefficient (Wildman–Crippen LogP) is 11.4. The van der Waals surface area contributed by atoms with E-state index in [0.717, 1.165) is 60.7 Å². The first kappa shape index (κ1) is 24.4. The molecule has 0 fully saturated rings. The lowest BCUT2D eigenvalue weighted by Gasteiger charge is -2.09. The molecular formula is C40H21N3O2S. The first-order chi connectivity index (χ1) is 22.8. The third-order valence-corrected chi connectivity index (χ3v) is 10.4. The van der Waals surface area contributed by atoms with E-state index >= 15 is 0 Å². The van der Waals surface area contributed by atoms with Crippen molar-refractivity contribution in [3.63, 3.8) is 0 Å². The fourth-order valence-electron chi connectivity index (χ4n) is 7.15. The Morgan fingerprint density at radius 3 is 2.09 bits per heavy atom. The molecule has 0 saturated heterocycles. The summed E-state index contributed by atoms with van der Waals surface area (Å²) in [6.07, 6.45) is 0. The number of furan rings is 2. The lowest BCUT2D eigenvalue weighted by atomic mass is 10.1. The minimum atomic E-state index is 0.608. The molecular weight excluding hydrogens is 587 g/mol. The maximum Gasteiger partial charge on any atom is 0.236 e. The first-order valence-corrected chi connectivity index (χ1v) is 16.1. The fourth-order valence-corrected chi connectivity index (χ4v) is 8.28. The maximum atomic E-state index is 6.51. The molecule has 5 aromatic heterocycles. The fraction of sp³-hybridized carbons (Fsp3) is 0. The van der Waals surface area contributed by atoms with Crippen LogP contribution in [0.3, 0.4) is 0 Å². The molecule has 0 N–H and O–H groups in total. The number of thiophene rings is 1. The molecule has 11 rings (SSSR count). The number of aromatic nitrogens is 3. The van der Waals surface area contributed by atoms with Crippen LogP contribution in [-0.2, 0) is 0 Å². The molecule has 0 unspecified atom stereocenters. The molecule has 214 valence electrons. The highest BCUT2D eigenvalue weighted by Crippen LogP contribution is 2.42. The van der Waals surface area contributed by atoms with Crippen molar-refractivity contribution in [1.82, 2.24) is 14.5 Å². The van der Waals surface area contributed by atoms with Crippen molar-refractivity contribution in [1.29, 1.82) is 0 Å². The molecule has 0 aliphatic carbocycles. The van der Waals surface area contributed by atoms with Gasteiger partial charge in [0, 0.05) is 52.7 Å². The van der Waals surface area contributed by atoms with Crippen LogP contribution in [0.2, 0.25) is 0 Å². The molecule has 0 radical (unpaired) electrons. The highest BCUT2D eigenvalue weighted by atomic mass is 32.1. The topological polar surface area (TPSA) is 57.0 Å². The molecule has 0 bridgehead atoms. The van der Waals surface area contributed by atoms with Crippen molar-refractivity contribution in [2.45, 2.75) is 0 Å². The molecule has 5 heterocycles. The molecule has 6 aromatic carbocycles. The van der Waals surface area contributed by atoms with Gasteiger partial charge in [0.05, 0.1) is 11.0 Å². The van der Waals surface area contributed by atoms with Crippen molar-refractivity contribution >= 4 is 97.3 Å². The monoisotopic (exact) mass is 607 g/mol. The summed E-state index contributed by atoms with van der Waals surface area (Å²) in [5, 5.41) is 7.94. The van der Waals surface area contributed by atoms with E-state index in [0.29, 0.717) is 11.5 Å². The Bertz CT molecular complexity index is 3050. The van der Waals surface area contributed by atoms with Gasteiger partial charge in [0.2, 0.25) is 5.95 Å². The van der Waals surface area contributed by atoms with E-state index in [2.05, 4.69) is 89.5 Å². The Morgan fingerprint density at radius 2 is 1.20 bits per heavy atom. The van der Waals surface area contributed by atoms with Crippen LogP contribution in [0.5, 0.6) is 0 Å². The molecule has 0 atom stereocenters. The van der Waals surface area contributed by atoms with Gasteiger partial charge >= 0.3 is 0 Å². The zero-order valence-electron chi connectivity index (χ0n) is 24.2. The van der Waals surface area contributed by atoms with E-state index in [-0.39, 0.29) is 0 Å². The van der Waals surface area contributed by atoms with E-state index in [9.17, 15) is 0 Å². The highest BCUT2D eigenvalue weighted by molar-refractivity contribution is 7.25. The molecule has 0 saturated carbocycles. The number of hydrogen-bond donors (Lipinski definition) is 0. The molecule has 0 spiro atoms. The smallest absolute Gasteiger partial charge is 0.236 e. The lowest BCUT2D eigenvalue weighted by Crippen LogP contribution is -2.02. The number of para-hydroxylation sites is 3. The second kappa shape index (κ2) is 8.81. The van der Waals surface area contributed by atoms with Crippen LogP contribution in [0.25, 0.3) is 103 Å². The van der Waals surface area contributed by atoms with Crippen LogP contribution in [0, 0.1) is 0 Å². The summed E-state index contributed by atoms with van der Waals surface area (Å²) in [5.74, 6) is 0.608. The number of nitrogens with zero attached hydrogens (tertiary/aromatic N) is 3. The average Bonchev–Trinajstić information content (AvgIpc) is 3.85. The molecule has 0 aliphatic heterocycles. The van der Waals surface area contributed by atoms with Gasteiger partial charge in [-0.25, -0.2) is 9.97 Å². The van der Waals surface area contributed by atoms with Gasteiger partial charge in [-0.2, -0.15) is 0 Å². The SMILES string of the molecule is c1ccc2c(c1)oc1ccc(-c3nc(-n4c5ccccc5c5cc6sc7ccccc7c6cc54)nc4c3oc3ccccc34)cc12. The van der Waals surface area contributed by atoms with Crippen molar-refractivity contribution in [2.24, 2.45) is 0 Å². The molecule has 6 heteroatoms. The Kier molecular flexibility index (Phi) is 4.66. The van der Waals surface area contributed by atoms with Gasteiger partial charge < -0.3 is 8.83 Å². The van der Waals surface area contributed by atoms with Crippen molar-refractivity contribution < 1.29 is 8.83 Å². The van der Waals surface area contributed by atoms with Crippen molar-refractivity contribution in [3.05, 3.63) is 127 Å². The van der Waals surface area contributed by atoms with E-state index in [1.807, 2.05) is 53.8 Å². The highest BCUT2D eigenvalue weighted by Gasteiger charge is 2.22. The van der Waals surface area contributed by atoms with Gasteiger partial charge in [-0.05, 0) is 60.7 Å². The number of rotatable bonds is 2. The molecule has 0 aliphatic rings. The third-order valence-electron chi connectivity index (χ3n) is 9.23. The molecule has 46 heavy (non-hydrogen) atoms. The normalized spacial score (nSPS) is 12.3. The second-order valence-electron chi connectivity index (χ2n) is 11.8. The first-order valence-electron chi connectivity index (χ1n) is 15.2. The van der Waals surface area contributed by atoms with Gasteiger partial charge in [0.1, 0.15) is 28.0 Å². The molecule has 5 nitrogen and oxygen atoms in total. The average molecular weight is 608 g/mol. The zero-order chi connectivity index (χ0) is 29.9. The van der Waals surface area contributed by atoms with Crippen LogP contribution in [0.4, 0.5) is 0 Å². The van der Waals surface area contributed by atoms with Gasteiger partial charge in [-0.15, -0.1) is 11.3 Å². The van der Waals surface area contributed by atoms with Crippen LogP contribution in [0.15, 0.2) is 136 Å². The van der Waals surface area contributed by atoms with Gasteiger partial charge in [-0.1, -0.05) is 66.7 Å². The minimum Gasteiger partial charge on any atom is -0.456 e. The summed E-state index contributed by atoms with van der Waals surface area (Å²) >= 11 is 1.84. The summed E-state index contributed by atoms with van der Waals surface area (Å²) in [4.78, 5) is 10.6. The maximum absolute atomic E-state index is 6.51.